The zero-order valence-electron chi connectivity index (χ0n) is 15.5. The van der Waals surface area contributed by atoms with Gasteiger partial charge in [-0.25, -0.2) is 9.97 Å². The van der Waals surface area contributed by atoms with E-state index in [9.17, 15) is 4.79 Å². The number of carbonyl (C=O) groups is 1. The number of fused-ring (bicyclic) bond motifs is 1. The molecule has 0 spiro atoms. The Morgan fingerprint density at radius 1 is 1.04 bits per heavy atom. The maximum Gasteiger partial charge on any atom is 0.255 e. The van der Waals surface area contributed by atoms with Crippen molar-refractivity contribution in [1.29, 1.82) is 0 Å². The predicted molar refractivity (Wildman–Crippen MR) is 108 cm³/mol. The number of amides is 1. The molecular weight excluding hydrogens is 352 g/mol. The maximum absolute atomic E-state index is 12.7. The number of pyridine rings is 1. The van der Waals surface area contributed by atoms with Gasteiger partial charge in [0.15, 0.2) is 0 Å². The first-order chi connectivity index (χ1) is 13.8. The number of hydrogen-bond donors (Lipinski definition) is 2. The molecule has 142 valence electrons. The molecule has 28 heavy (non-hydrogen) atoms. The van der Waals surface area contributed by atoms with E-state index in [1.807, 2.05) is 35.2 Å². The van der Waals surface area contributed by atoms with Crippen molar-refractivity contribution in [2.75, 3.05) is 30.3 Å². The highest BCUT2D eigenvalue weighted by atomic mass is 16.2. The summed E-state index contributed by atoms with van der Waals surface area (Å²) >= 11 is 0. The van der Waals surface area contributed by atoms with Crippen LogP contribution in [0.3, 0.4) is 0 Å². The highest BCUT2D eigenvalue weighted by Gasteiger charge is 2.25. The van der Waals surface area contributed by atoms with E-state index in [4.69, 9.17) is 0 Å². The van der Waals surface area contributed by atoms with Gasteiger partial charge in [-0.2, -0.15) is 0 Å². The molecule has 0 saturated carbocycles. The van der Waals surface area contributed by atoms with Gasteiger partial charge in [-0.15, -0.1) is 0 Å². The van der Waals surface area contributed by atoms with Crippen LogP contribution in [-0.2, 0) is 13.0 Å². The minimum Gasteiger partial charge on any atom is -0.383 e. The lowest BCUT2D eigenvalue weighted by molar-refractivity contribution is 0.0731. The number of para-hydroxylation sites is 1. The summed E-state index contributed by atoms with van der Waals surface area (Å²) in [6, 6.07) is 13.7. The average Bonchev–Trinajstić information content (AvgIpc) is 2.77. The van der Waals surface area contributed by atoms with Crippen molar-refractivity contribution in [2.24, 2.45) is 0 Å². The molecule has 0 radical (unpaired) electrons. The zero-order chi connectivity index (χ0) is 19.2. The number of rotatable bonds is 6. The molecule has 1 aliphatic rings. The predicted octanol–water partition coefficient (Wildman–Crippen LogP) is 2.59. The van der Waals surface area contributed by atoms with E-state index in [1.165, 1.54) is 0 Å². The highest BCUT2D eigenvalue weighted by molar-refractivity contribution is 5.94. The summed E-state index contributed by atoms with van der Waals surface area (Å²) in [5, 5.41) is 6.76. The summed E-state index contributed by atoms with van der Waals surface area (Å²) < 4.78 is 0. The minimum absolute atomic E-state index is 0.0149. The number of aromatic nitrogens is 3. The molecule has 0 unspecified atom stereocenters. The molecule has 1 aromatic carbocycles. The van der Waals surface area contributed by atoms with Gasteiger partial charge in [0.05, 0.1) is 17.8 Å². The SMILES string of the molecule is O=C(c1cccnc1)N1CCc2c(ncnc2NCCNc2ccccc2)C1. The van der Waals surface area contributed by atoms with E-state index >= 15 is 0 Å². The molecule has 0 saturated heterocycles. The number of hydrogen-bond acceptors (Lipinski definition) is 6. The minimum atomic E-state index is -0.0149. The first-order valence-electron chi connectivity index (χ1n) is 9.36. The van der Waals surface area contributed by atoms with Crippen LogP contribution >= 0.6 is 0 Å². The topological polar surface area (TPSA) is 83.0 Å². The maximum atomic E-state index is 12.7. The van der Waals surface area contributed by atoms with E-state index in [1.54, 1.807) is 30.9 Å². The molecule has 0 fully saturated rings. The van der Waals surface area contributed by atoms with Gasteiger partial charge in [0.25, 0.3) is 5.91 Å². The quantitative estimate of drug-likeness (QED) is 0.646. The molecule has 0 aliphatic carbocycles. The van der Waals surface area contributed by atoms with Gasteiger partial charge in [0.1, 0.15) is 12.1 Å². The van der Waals surface area contributed by atoms with Gasteiger partial charge in [0.2, 0.25) is 0 Å². The van der Waals surface area contributed by atoms with Crippen LogP contribution in [0, 0.1) is 0 Å². The van der Waals surface area contributed by atoms with E-state index in [2.05, 4.69) is 25.6 Å². The van der Waals surface area contributed by atoms with E-state index < -0.39 is 0 Å². The summed E-state index contributed by atoms with van der Waals surface area (Å²) in [5.41, 5.74) is 3.69. The van der Waals surface area contributed by atoms with Crippen molar-refractivity contribution >= 4 is 17.4 Å². The van der Waals surface area contributed by atoms with Crippen LogP contribution in [0.15, 0.2) is 61.2 Å². The second kappa shape index (κ2) is 8.47. The standard InChI is InChI=1S/C21H22N6O/c28-21(16-5-4-9-22-13-16)27-12-8-18-19(14-27)25-15-26-20(18)24-11-10-23-17-6-2-1-3-7-17/h1-7,9,13,15,23H,8,10-12,14H2,(H,24,25,26). The van der Waals surface area contributed by atoms with Crippen LogP contribution in [0.25, 0.3) is 0 Å². The molecule has 4 rings (SSSR count). The third-order valence-corrected chi connectivity index (χ3v) is 4.72. The first-order valence-corrected chi connectivity index (χ1v) is 9.36. The second-order valence-corrected chi connectivity index (χ2v) is 6.59. The molecule has 1 aliphatic heterocycles. The lowest BCUT2D eigenvalue weighted by atomic mass is 10.0. The average molecular weight is 374 g/mol. The van der Waals surface area contributed by atoms with Gasteiger partial charge < -0.3 is 15.5 Å². The molecule has 7 nitrogen and oxygen atoms in total. The van der Waals surface area contributed by atoms with Crippen molar-refractivity contribution in [3.8, 4) is 0 Å². The van der Waals surface area contributed by atoms with Crippen molar-refractivity contribution in [3.05, 3.63) is 78.0 Å². The summed E-state index contributed by atoms with van der Waals surface area (Å²) in [6.07, 6.45) is 5.56. The monoisotopic (exact) mass is 374 g/mol. The van der Waals surface area contributed by atoms with Crippen molar-refractivity contribution in [3.63, 3.8) is 0 Å². The van der Waals surface area contributed by atoms with E-state index in [-0.39, 0.29) is 5.91 Å². The van der Waals surface area contributed by atoms with Crippen molar-refractivity contribution in [1.82, 2.24) is 19.9 Å². The third-order valence-electron chi connectivity index (χ3n) is 4.72. The van der Waals surface area contributed by atoms with Crippen LogP contribution in [-0.4, -0.2) is 45.4 Å². The molecule has 1 amide bonds. The normalized spacial score (nSPS) is 12.9. The molecule has 2 N–H and O–H groups in total. The molecule has 0 atom stereocenters. The van der Waals surface area contributed by atoms with Crippen LogP contribution in [0.5, 0.6) is 0 Å². The van der Waals surface area contributed by atoms with Gasteiger partial charge >= 0.3 is 0 Å². The summed E-state index contributed by atoms with van der Waals surface area (Å²) in [6.45, 7) is 2.67. The second-order valence-electron chi connectivity index (χ2n) is 6.59. The lowest BCUT2D eigenvalue weighted by Gasteiger charge is -2.29. The summed E-state index contributed by atoms with van der Waals surface area (Å²) in [5.74, 6) is 0.840. The molecule has 3 aromatic rings. The molecular formula is C21H22N6O. The van der Waals surface area contributed by atoms with Gasteiger partial charge in [-0.1, -0.05) is 18.2 Å². The third kappa shape index (κ3) is 4.09. The Labute approximate surface area is 163 Å². The first kappa shape index (κ1) is 17.9. The Balaban J connectivity index is 1.37. The van der Waals surface area contributed by atoms with Crippen molar-refractivity contribution in [2.45, 2.75) is 13.0 Å². The Morgan fingerprint density at radius 3 is 2.71 bits per heavy atom. The fourth-order valence-corrected chi connectivity index (χ4v) is 3.30. The van der Waals surface area contributed by atoms with Crippen LogP contribution in [0.2, 0.25) is 0 Å². The summed E-state index contributed by atoms with van der Waals surface area (Å²) in [7, 11) is 0. The number of nitrogens with one attached hydrogen (secondary N) is 2. The molecule has 7 heteroatoms. The molecule has 2 aromatic heterocycles. The van der Waals surface area contributed by atoms with Gasteiger partial charge in [-0.05, 0) is 30.7 Å². The number of nitrogens with zero attached hydrogens (tertiary/aromatic N) is 4. The van der Waals surface area contributed by atoms with Crippen LogP contribution < -0.4 is 10.6 Å². The van der Waals surface area contributed by atoms with Crippen LogP contribution in [0.4, 0.5) is 11.5 Å². The lowest BCUT2D eigenvalue weighted by Crippen LogP contribution is -2.37. The molecule has 3 heterocycles. The van der Waals surface area contributed by atoms with Gasteiger partial charge in [0, 0.05) is 43.3 Å². The molecule has 0 bridgehead atoms. The fourth-order valence-electron chi connectivity index (χ4n) is 3.30. The van der Waals surface area contributed by atoms with Gasteiger partial charge in [-0.3, -0.25) is 9.78 Å². The Kier molecular flexibility index (Phi) is 5.42. The Hall–Kier alpha value is -3.48. The smallest absolute Gasteiger partial charge is 0.255 e. The van der Waals surface area contributed by atoms with Crippen LogP contribution in [0.1, 0.15) is 21.6 Å². The van der Waals surface area contributed by atoms with E-state index in [0.717, 1.165) is 42.3 Å². The number of anilines is 2. The highest BCUT2D eigenvalue weighted by Crippen LogP contribution is 2.23. The van der Waals surface area contributed by atoms with E-state index in [0.29, 0.717) is 18.7 Å². The largest absolute Gasteiger partial charge is 0.383 e. The van der Waals surface area contributed by atoms with Crippen molar-refractivity contribution < 1.29 is 4.79 Å². The number of benzene rings is 1. The summed E-state index contributed by atoms with van der Waals surface area (Å²) in [4.78, 5) is 27.3. The number of carbonyl (C=O) groups excluding carboxylic acids is 1. The fraction of sp³-hybridized carbons (Fsp3) is 0.238. The zero-order valence-corrected chi connectivity index (χ0v) is 15.5. The Morgan fingerprint density at radius 2 is 1.89 bits per heavy atom. The Bertz CT molecular complexity index is 932.